The molecule has 1 saturated heterocycles. The number of guanidine groups is 2. The smallest absolute Gasteiger partial charge is 0.199 e. The average Bonchev–Trinajstić information content (AvgIpc) is 2.49. The van der Waals surface area contributed by atoms with E-state index in [1.807, 2.05) is 0 Å². The first-order chi connectivity index (χ1) is 11.1. The minimum Gasteiger partial charge on any atom is -0.334 e. The fourth-order valence-electron chi connectivity index (χ4n) is 2.59. The molecule has 5 heteroatoms. The van der Waals surface area contributed by atoms with Crippen molar-refractivity contribution in [2.24, 2.45) is 9.98 Å². The third kappa shape index (κ3) is 9.47. The zero-order chi connectivity index (χ0) is 17.0. The molecule has 0 radical (unpaired) electrons. The molecule has 3 N–H and O–H groups in total. The summed E-state index contributed by atoms with van der Waals surface area (Å²) >= 11 is 0. The summed E-state index contributed by atoms with van der Waals surface area (Å²) in [6.45, 7) is 10.4. The second-order valence-corrected chi connectivity index (χ2v) is 6.94. The van der Waals surface area contributed by atoms with E-state index in [2.05, 4.69) is 53.6 Å². The molecular formula is C18H37N5. The Morgan fingerprint density at radius 3 is 1.61 bits per heavy atom. The van der Waals surface area contributed by atoms with Gasteiger partial charge in [0.05, 0.1) is 0 Å². The van der Waals surface area contributed by atoms with Gasteiger partial charge in [0.2, 0.25) is 0 Å². The lowest BCUT2D eigenvalue weighted by Gasteiger charge is -2.36. The summed E-state index contributed by atoms with van der Waals surface area (Å²) in [4.78, 5) is 9.30. The zero-order valence-electron chi connectivity index (χ0n) is 15.7. The van der Waals surface area contributed by atoms with Crippen molar-refractivity contribution in [3.63, 3.8) is 0 Å². The molecule has 0 saturated carbocycles. The van der Waals surface area contributed by atoms with Crippen LogP contribution in [-0.2, 0) is 0 Å². The second-order valence-electron chi connectivity index (χ2n) is 6.94. The lowest BCUT2D eigenvalue weighted by molar-refractivity contribution is 0.403. The Morgan fingerprint density at radius 1 is 0.696 bits per heavy atom. The van der Waals surface area contributed by atoms with Gasteiger partial charge in [-0.25, -0.2) is 0 Å². The maximum absolute atomic E-state index is 4.66. The standard InChI is InChI=1S/C18H37N5/c1-5-7-9-11-13-15-20-17-21-16(22-18(3,4)23-17)19-14-12-10-8-6-2/h5-15H2,1-4H3,(H3,19,20,21,22,23). The number of nitrogens with one attached hydrogen (secondary N) is 3. The summed E-state index contributed by atoms with van der Waals surface area (Å²) in [6.07, 6.45) is 11.3. The van der Waals surface area contributed by atoms with Crippen LogP contribution in [-0.4, -0.2) is 30.7 Å². The van der Waals surface area contributed by atoms with E-state index in [-0.39, 0.29) is 5.66 Å². The topological polar surface area (TPSA) is 60.8 Å². The molecular weight excluding hydrogens is 286 g/mol. The van der Waals surface area contributed by atoms with Crippen molar-refractivity contribution in [1.29, 1.82) is 0 Å². The molecule has 134 valence electrons. The van der Waals surface area contributed by atoms with Gasteiger partial charge < -0.3 is 10.6 Å². The van der Waals surface area contributed by atoms with Gasteiger partial charge in [0.15, 0.2) is 11.9 Å². The van der Waals surface area contributed by atoms with E-state index in [9.17, 15) is 0 Å². The monoisotopic (exact) mass is 323 g/mol. The summed E-state index contributed by atoms with van der Waals surface area (Å²) in [6, 6.07) is 0. The largest absolute Gasteiger partial charge is 0.334 e. The molecule has 1 fully saturated rings. The Hall–Kier alpha value is -1.26. The maximum atomic E-state index is 4.66. The number of aliphatic imine (C=N–C) groups is 2. The van der Waals surface area contributed by atoms with E-state index >= 15 is 0 Å². The number of hydrogen-bond donors (Lipinski definition) is 3. The molecule has 23 heavy (non-hydrogen) atoms. The van der Waals surface area contributed by atoms with E-state index in [0.29, 0.717) is 0 Å². The number of nitrogens with zero attached hydrogens (tertiary/aromatic N) is 2. The molecule has 0 atom stereocenters. The minimum atomic E-state index is -0.214. The molecule has 0 aliphatic carbocycles. The molecule has 1 heterocycles. The molecule has 0 aromatic heterocycles. The molecule has 0 spiro atoms. The van der Waals surface area contributed by atoms with E-state index < -0.39 is 0 Å². The third-order valence-electron chi connectivity index (χ3n) is 3.91. The van der Waals surface area contributed by atoms with Gasteiger partial charge in [-0.05, 0) is 26.7 Å². The van der Waals surface area contributed by atoms with Crippen molar-refractivity contribution in [3.8, 4) is 0 Å². The first kappa shape index (κ1) is 19.8. The van der Waals surface area contributed by atoms with Crippen molar-refractivity contribution in [2.45, 2.75) is 91.1 Å². The Morgan fingerprint density at radius 2 is 1.13 bits per heavy atom. The van der Waals surface area contributed by atoms with Crippen LogP contribution in [0.5, 0.6) is 0 Å². The van der Waals surface area contributed by atoms with Crippen LogP contribution in [0, 0.1) is 0 Å². The van der Waals surface area contributed by atoms with Crippen LogP contribution in [0.4, 0.5) is 0 Å². The van der Waals surface area contributed by atoms with Gasteiger partial charge in [-0.3, -0.25) is 15.3 Å². The van der Waals surface area contributed by atoms with Crippen LogP contribution in [0.25, 0.3) is 0 Å². The zero-order valence-corrected chi connectivity index (χ0v) is 15.7. The first-order valence-corrected chi connectivity index (χ1v) is 9.49. The van der Waals surface area contributed by atoms with Crippen molar-refractivity contribution >= 4 is 11.9 Å². The molecule has 1 aliphatic rings. The quantitative estimate of drug-likeness (QED) is 0.507. The normalized spacial score (nSPS) is 20.2. The highest BCUT2D eigenvalue weighted by atomic mass is 15.4. The summed E-state index contributed by atoms with van der Waals surface area (Å²) in [5.74, 6) is 1.69. The van der Waals surface area contributed by atoms with Crippen molar-refractivity contribution in [1.82, 2.24) is 16.0 Å². The maximum Gasteiger partial charge on any atom is 0.199 e. The Kier molecular flexibility index (Phi) is 9.72. The predicted molar refractivity (Wildman–Crippen MR) is 101 cm³/mol. The number of hydrogen-bond acceptors (Lipinski definition) is 2. The Labute approximate surface area is 142 Å². The van der Waals surface area contributed by atoms with Crippen LogP contribution < -0.4 is 16.0 Å². The first-order valence-electron chi connectivity index (χ1n) is 9.49. The Bertz CT molecular complexity index is 374. The summed E-state index contributed by atoms with van der Waals surface area (Å²) in [7, 11) is 0. The highest BCUT2D eigenvalue weighted by Crippen LogP contribution is 2.04. The van der Waals surface area contributed by atoms with E-state index in [1.165, 1.54) is 44.9 Å². The molecule has 5 nitrogen and oxygen atoms in total. The van der Waals surface area contributed by atoms with Gasteiger partial charge in [-0.15, -0.1) is 0 Å². The fraction of sp³-hybridized carbons (Fsp3) is 0.889. The summed E-state index contributed by atoms with van der Waals surface area (Å²) < 4.78 is 0. The Balaban J connectivity index is 2.39. The van der Waals surface area contributed by atoms with Gasteiger partial charge in [-0.2, -0.15) is 0 Å². The lowest BCUT2D eigenvalue weighted by Crippen LogP contribution is -2.68. The minimum absolute atomic E-state index is 0.214. The van der Waals surface area contributed by atoms with Gasteiger partial charge in [-0.1, -0.05) is 58.8 Å². The van der Waals surface area contributed by atoms with Gasteiger partial charge >= 0.3 is 0 Å². The van der Waals surface area contributed by atoms with Crippen LogP contribution in [0.15, 0.2) is 9.98 Å². The highest BCUT2D eigenvalue weighted by molar-refractivity contribution is 6.01. The van der Waals surface area contributed by atoms with Gasteiger partial charge in [0.1, 0.15) is 5.66 Å². The molecule has 0 unspecified atom stereocenters. The summed E-state index contributed by atoms with van der Waals surface area (Å²) in [5, 5.41) is 10.0. The van der Waals surface area contributed by atoms with Crippen LogP contribution in [0.1, 0.15) is 85.5 Å². The third-order valence-corrected chi connectivity index (χ3v) is 3.91. The molecule has 0 bridgehead atoms. The predicted octanol–water partition coefficient (Wildman–Crippen LogP) is 3.77. The lowest BCUT2D eigenvalue weighted by atomic mass is 10.1. The number of unbranched alkanes of at least 4 members (excludes halogenated alkanes) is 7. The van der Waals surface area contributed by atoms with E-state index in [0.717, 1.165) is 37.9 Å². The average molecular weight is 324 g/mol. The molecule has 0 aromatic carbocycles. The second kappa shape index (κ2) is 11.3. The van der Waals surface area contributed by atoms with Gasteiger partial charge in [0, 0.05) is 13.1 Å². The van der Waals surface area contributed by atoms with Crippen molar-refractivity contribution in [3.05, 3.63) is 0 Å². The van der Waals surface area contributed by atoms with Crippen LogP contribution in [0.2, 0.25) is 0 Å². The van der Waals surface area contributed by atoms with Crippen LogP contribution in [0.3, 0.4) is 0 Å². The SMILES string of the molecule is CCCCCCCN=C1NC(=NCCCCCC)NC(C)(C)N1. The molecule has 0 aromatic rings. The van der Waals surface area contributed by atoms with Crippen LogP contribution >= 0.6 is 0 Å². The molecule has 1 aliphatic heterocycles. The van der Waals surface area contributed by atoms with Crippen molar-refractivity contribution in [2.75, 3.05) is 13.1 Å². The molecule has 1 rings (SSSR count). The van der Waals surface area contributed by atoms with Crippen molar-refractivity contribution < 1.29 is 0 Å². The highest BCUT2D eigenvalue weighted by Gasteiger charge is 2.26. The number of rotatable bonds is 11. The fourth-order valence-corrected chi connectivity index (χ4v) is 2.59. The van der Waals surface area contributed by atoms with E-state index in [4.69, 9.17) is 0 Å². The molecule has 0 amide bonds. The summed E-state index contributed by atoms with van der Waals surface area (Å²) in [5.41, 5.74) is -0.214. The van der Waals surface area contributed by atoms with Gasteiger partial charge in [0.25, 0.3) is 0 Å². The van der Waals surface area contributed by atoms with E-state index in [1.54, 1.807) is 0 Å².